The predicted octanol–water partition coefficient (Wildman–Crippen LogP) is 5.17. The molecule has 35 heavy (non-hydrogen) atoms. The van der Waals surface area contributed by atoms with Crippen LogP contribution in [0.2, 0.25) is 0 Å². The molecule has 0 spiro atoms. The van der Waals surface area contributed by atoms with Crippen LogP contribution in [0.25, 0.3) is 0 Å². The van der Waals surface area contributed by atoms with E-state index in [9.17, 15) is 9.59 Å². The van der Waals surface area contributed by atoms with Crippen molar-refractivity contribution < 1.29 is 9.59 Å². The molecule has 0 atom stereocenters. The van der Waals surface area contributed by atoms with Gasteiger partial charge < -0.3 is 9.80 Å². The molecule has 0 radical (unpaired) electrons. The minimum atomic E-state index is -0.403. The van der Waals surface area contributed by atoms with Crippen molar-refractivity contribution in [3.63, 3.8) is 0 Å². The molecular formula is C29H30BrN3O2. The standard InChI is InChI=1S/C29H30BrN3O2/c30-24-13-14-26-25(21-24)28(34)29(35)33(26)16-8-7-15-31-17-19-32(20-18-31)27(22-9-3-1-4-10-22)23-11-5-2-6-12-23/h1-6,9-14,21,27H,7-8,15-20H2. The van der Waals surface area contributed by atoms with Crippen molar-refractivity contribution >= 4 is 33.3 Å². The normalized spacial score (nSPS) is 16.8. The van der Waals surface area contributed by atoms with E-state index in [0.717, 1.165) is 55.7 Å². The first-order valence-electron chi connectivity index (χ1n) is 12.3. The lowest BCUT2D eigenvalue weighted by molar-refractivity contribution is -0.114. The molecule has 6 heteroatoms. The first-order valence-corrected chi connectivity index (χ1v) is 13.1. The molecule has 0 aliphatic carbocycles. The van der Waals surface area contributed by atoms with E-state index in [-0.39, 0.29) is 6.04 Å². The summed E-state index contributed by atoms with van der Waals surface area (Å²) >= 11 is 3.39. The van der Waals surface area contributed by atoms with Crippen LogP contribution in [0.4, 0.5) is 5.69 Å². The summed E-state index contributed by atoms with van der Waals surface area (Å²) in [5.41, 5.74) is 3.92. The van der Waals surface area contributed by atoms with Crippen LogP contribution in [-0.2, 0) is 4.79 Å². The maximum atomic E-state index is 12.4. The molecule has 0 N–H and O–H groups in total. The van der Waals surface area contributed by atoms with Crippen molar-refractivity contribution in [1.29, 1.82) is 0 Å². The van der Waals surface area contributed by atoms with Gasteiger partial charge in [0, 0.05) is 37.2 Å². The number of hydrogen-bond acceptors (Lipinski definition) is 4. The Hall–Kier alpha value is -2.80. The number of Topliss-reactive ketones (excluding diaryl/α,β-unsaturated/α-hetero) is 1. The number of carbonyl (C=O) groups excluding carboxylic acids is 2. The van der Waals surface area contributed by atoms with Gasteiger partial charge in [-0.3, -0.25) is 14.5 Å². The summed E-state index contributed by atoms with van der Waals surface area (Å²) in [6.07, 6.45) is 1.88. The van der Waals surface area contributed by atoms with Crippen molar-refractivity contribution in [2.24, 2.45) is 0 Å². The minimum absolute atomic E-state index is 0.276. The number of hydrogen-bond donors (Lipinski definition) is 0. The van der Waals surface area contributed by atoms with Crippen LogP contribution in [0, 0.1) is 0 Å². The van der Waals surface area contributed by atoms with E-state index in [2.05, 4.69) is 86.4 Å². The quantitative estimate of drug-likeness (QED) is 0.297. The summed E-state index contributed by atoms with van der Waals surface area (Å²) in [4.78, 5) is 31.5. The van der Waals surface area contributed by atoms with E-state index in [4.69, 9.17) is 0 Å². The fourth-order valence-electron chi connectivity index (χ4n) is 5.23. The summed E-state index contributed by atoms with van der Waals surface area (Å²) in [7, 11) is 0. The van der Waals surface area contributed by atoms with Gasteiger partial charge in [-0.25, -0.2) is 0 Å². The lowest BCUT2D eigenvalue weighted by Gasteiger charge is -2.40. The zero-order valence-electron chi connectivity index (χ0n) is 19.8. The van der Waals surface area contributed by atoms with Crippen LogP contribution in [0.3, 0.4) is 0 Å². The smallest absolute Gasteiger partial charge is 0.299 e. The Labute approximate surface area is 215 Å². The van der Waals surface area contributed by atoms with Crippen LogP contribution in [0.5, 0.6) is 0 Å². The predicted molar refractivity (Wildman–Crippen MR) is 143 cm³/mol. The first-order chi connectivity index (χ1) is 17.1. The number of anilines is 1. The summed E-state index contributed by atoms with van der Waals surface area (Å²) < 4.78 is 0.820. The van der Waals surface area contributed by atoms with Crippen LogP contribution in [-0.4, -0.2) is 60.8 Å². The van der Waals surface area contributed by atoms with Crippen LogP contribution < -0.4 is 4.90 Å². The van der Waals surface area contributed by atoms with Crippen molar-refractivity contribution in [1.82, 2.24) is 9.80 Å². The molecule has 2 aliphatic rings. The number of nitrogens with zero attached hydrogens (tertiary/aromatic N) is 3. The number of halogens is 1. The highest BCUT2D eigenvalue weighted by Gasteiger charge is 2.35. The molecule has 1 saturated heterocycles. The van der Waals surface area contributed by atoms with Gasteiger partial charge in [-0.15, -0.1) is 0 Å². The van der Waals surface area contributed by atoms with E-state index >= 15 is 0 Å². The van der Waals surface area contributed by atoms with Crippen molar-refractivity contribution in [3.8, 4) is 0 Å². The van der Waals surface area contributed by atoms with Gasteiger partial charge in [-0.05, 0) is 48.7 Å². The van der Waals surface area contributed by atoms with Crippen LogP contribution >= 0.6 is 15.9 Å². The number of ketones is 1. The van der Waals surface area contributed by atoms with Gasteiger partial charge in [0.25, 0.3) is 11.7 Å². The Bertz CT molecular complexity index is 1140. The summed E-state index contributed by atoms with van der Waals surface area (Å²) in [6.45, 7) is 5.72. The zero-order chi connectivity index (χ0) is 24.2. The van der Waals surface area contributed by atoms with Gasteiger partial charge in [0.1, 0.15) is 0 Å². The first kappa shape index (κ1) is 23.9. The molecule has 5 rings (SSSR count). The van der Waals surface area contributed by atoms with Crippen LogP contribution in [0.15, 0.2) is 83.3 Å². The van der Waals surface area contributed by atoms with Crippen molar-refractivity contribution in [3.05, 3.63) is 100 Å². The molecule has 0 unspecified atom stereocenters. The average Bonchev–Trinajstić information content (AvgIpc) is 3.13. The maximum Gasteiger partial charge on any atom is 0.299 e. The van der Waals surface area contributed by atoms with E-state index in [1.165, 1.54) is 11.1 Å². The Balaban J connectivity index is 1.13. The van der Waals surface area contributed by atoms with Gasteiger partial charge in [-0.2, -0.15) is 0 Å². The molecule has 3 aromatic carbocycles. The lowest BCUT2D eigenvalue weighted by Crippen LogP contribution is -2.48. The SMILES string of the molecule is O=C1C(=O)N(CCCCN2CCN(C(c3ccccc3)c3ccccc3)CC2)c2ccc(Br)cc21. The molecule has 180 valence electrons. The molecule has 5 nitrogen and oxygen atoms in total. The van der Waals surface area contributed by atoms with Gasteiger partial charge in [0.05, 0.1) is 17.3 Å². The van der Waals surface area contributed by atoms with Gasteiger partial charge in [-0.1, -0.05) is 76.6 Å². The minimum Gasteiger partial charge on any atom is -0.305 e. The summed E-state index contributed by atoms with van der Waals surface area (Å²) in [5.74, 6) is -0.802. The Morgan fingerprint density at radius 3 is 1.97 bits per heavy atom. The number of fused-ring (bicyclic) bond motifs is 1. The molecule has 0 bridgehead atoms. The van der Waals surface area contributed by atoms with E-state index in [1.54, 1.807) is 11.0 Å². The Morgan fingerprint density at radius 2 is 1.34 bits per heavy atom. The topological polar surface area (TPSA) is 43.9 Å². The molecule has 2 aliphatic heterocycles. The second-order valence-corrected chi connectivity index (χ2v) is 10.2. The molecule has 2 heterocycles. The fourth-order valence-corrected chi connectivity index (χ4v) is 5.59. The van der Waals surface area contributed by atoms with Gasteiger partial charge >= 0.3 is 0 Å². The number of rotatable bonds is 8. The summed E-state index contributed by atoms with van der Waals surface area (Å²) in [5, 5.41) is 0. The molecule has 0 aromatic heterocycles. The Kier molecular flexibility index (Phi) is 7.42. The lowest BCUT2D eigenvalue weighted by atomic mass is 9.96. The second kappa shape index (κ2) is 10.9. The average molecular weight is 532 g/mol. The maximum absolute atomic E-state index is 12.4. The zero-order valence-corrected chi connectivity index (χ0v) is 21.4. The molecule has 0 saturated carbocycles. The van der Waals surface area contributed by atoms with Gasteiger partial charge in [0.15, 0.2) is 0 Å². The number of benzene rings is 3. The van der Waals surface area contributed by atoms with Gasteiger partial charge in [0.2, 0.25) is 0 Å². The van der Waals surface area contributed by atoms with E-state index in [0.29, 0.717) is 12.1 Å². The third-order valence-corrected chi connectivity index (χ3v) is 7.54. The second-order valence-electron chi connectivity index (χ2n) is 9.26. The van der Waals surface area contributed by atoms with E-state index in [1.807, 2.05) is 12.1 Å². The third-order valence-electron chi connectivity index (χ3n) is 7.04. The molecular weight excluding hydrogens is 502 g/mol. The number of piperazine rings is 1. The molecule has 1 fully saturated rings. The highest BCUT2D eigenvalue weighted by atomic mass is 79.9. The van der Waals surface area contributed by atoms with E-state index < -0.39 is 11.7 Å². The molecule has 3 aromatic rings. The number of unbranched alkanes of at least 4 members (excludes halogenated alkanes) is 1. The monoisotopic (exact) mass is 531 g/mol. The summed E-state index contributed by atoms with van der Waals surface area (Å²) in [6, 6.07) is 27.3. The largest absolute Gasteiger partial charge is 0.305 e. The van der Waals surface area contributed by atoms with Crippen molar-refractivity contribution in [2.75, 3.05) is 44.2 Å². The van der Waals surface area contributed by atoms with Crippen molar-refractivity contribution in [2.45, 2.75) is 18.9 Å². The fraction of sp³-hybridized carbons (Fsp3) is 0.310. The Morgan fingerprint density at radius 1 is 0.743 bits per heavy atom. The number of carbonyl (C=O) groups is 2. The molecule has 1 amide bonds. The highest BCUT2D eigenvalue weighted by molar-refractivity contribution is 9.10. The third kappa shape index (κ3) is 5.25. The number of amides is 1. The van der Waals surface area contributed by atoms with Crippen LogP contribution in [0.1, 0.15) is 40.4 Å². The highest BCUT2D eigenvalue weighted by Crippen LogP contribution is 2.32.